The van der Waals surface area contributed by atoms with Crippen molar-refractivity contribution in [3.05, 3.63) is 47.8 Å². The van der Waals surface area contributed by atoms with Crippen LogP contribution in [0.2, 0.25) is 0 Å². The summed E-state index contributed by atoms with van der Waals surface area (Å²) in [6, 6.07) is 11.5. The van der Waals surface area contributed by atoms with Gasteiger partial charge in [0.05, 0.1) is 11.8 Å². The smallest absolute Gasteiger partial charge is 0.271 e. The first-order valence-electron chi connectivity index (χ1n) is 7.55. The molecule has 1 aromatic heterocycles. The maximum absolute atomic E-state index is 12.2. The number of hydrogen-bond acceptors (Lipinski definition) is 3. The zero-order chi connectivity index (χ0) is 16.1. The zero-order valence-electron chi connectivity index (χ0n) is 13.3. The molecule has 0 saturated carbocycles. The van der Waals surface area contributed by atoms with Crippen molar-refractivity contribution in [3.8, 4) is 5.69 Å². The van der Waals surface area contributed by atoms with Crippen LogP contribution in [0.3, 0.4) is 0 Å². The fourth-order valence-electron chi connectivity index (χ4n) is 2.44. The van der Waals surface area contributed by atoms with E-state index in [9.17, 15) is 9.90 Å². The third-order valence-electron chi connectivity index (χ3n) is 3.48. The fraction of sp³-hybridized carbons (Fsp3) is 0.412. The molecule has 2 N–H and O–H groups in total. The van der Waals surface area contributed by atoms with Crippen LogP contribution in [0.5, 0.6) is 0 Å². The van der Waals surface area contributed by atoms with Crippen LogP contribution < -0.4 is 5.32 Å². The molecule has 0 aliphatic carbocycles. The van der Waals surface area contributed by atoms with Crippen molar-refractivity contribution in [3.63, 3.8) is 0 Å². The number of aliphatic hydroxyl groups is 1. The highest BCUT2D eigenvalue weighted by molar-refractivity contribution is 5.92. The number of benzene rings is 1. The van der Waals surface area contributed by atoms with E-state index in [0.29, 0.717) is 18.7 Å². The van der Waals surface area contributed by atoms with E-state index in [1.165, 1.54) is 0 Å². The summed E-state index contributed by atoms with van der Waals surface area (Å²) >= 11 is 0. The van der Waals surface area contributed by atoms with Crippen LogP contribution in [0.25, 0.3) is 5.69 Å². The average molecular weight is 301 g/mol. The lowest BCUT2D eigenvalue weighted by molar-refractivity contribution is 0.0934. The predicted octanol–water partition coefficient (Wildman–Crippen LogP) is 2.32. The number of hydrogen-bond donors (Lipinski definition) is 2. The SMILES string of the molecule is Cc1cc(C(=O)NCC(C)CC(C)O)nn1-c1ccccc1. The normalized spacial score (nSPS) is 13.6. The molecule has 0 radical (unpaired) electrons. The maximum atomic E-state index is 12.2. The molecule has 5 heteroatoms. The summed E-state index contributed by atoms with van der Waals surface area (Å²) in [5.41, 5.74) is 2.25. The number of carbonyl (C=O) groups excluding carboxylic acids is 1. The standard InChI is InChI=1S/C17H23N3O2/c1-12(9-14(3)21)11-18-17(22)16-10-13(2)20(19-16)15-7-5-4-6-8-15/h4-8,10,12,14,21H,9,11H2,1-3H3,(H,18,22). The summed E-state index contributed by atoms with van der Waals surface area (Å²) in [6.45, 7) is 6.21. The van der Waals surface area contributed by atoms with Gasteiger partial charge in [-0.05, 0) is 44.4 Å². The number of aliphatic hydroxyl groups excluding tert-OH is 1. The van der Waals surface area contributed by atoms with Crippen LogP contribution in [0.4, 0.5) is 0 Å². The molecule has 0 aliphatic heterocycles. The van der Waals surface area contributed by atoms with Gasteiger partial charge in [-0.3, -0.25) is 4.79 Å². The predicted molar refractivity (Wildman–Crippen MR) is 86.1 cm³/mol. The van der Waals surface area contributed by atoms with Crippen LogP contribution in [-0.2, 0) is 0 Å². The van der Waals surface area contributed by atoms with Gasteiger partial charge in [-0.2, -0.15) is 5.10 Å². The van der Waals surface area contributed by atoms with E-state index in [4.69, 9.17) is 0 Å². The number of rotatable bonds is 6. The third kappa shape index (κ3) is 4.18. The van der Waals surface area contributed by atoms with E-state index >= 15 is 0 Å². The summed E-state index contributed by atoms with van der Waals surface area (Å²) in [5.74, 6) is 0.0384. The Bertz CT molecular complexity index is 620. The van der Waals surface area contributed by atoms with Gasteiger partial charge in [-0.25, -0.2) is 4.68 Å². The molecular formula is C17H23N3O2. The monoisotopic (exact) mass is 301 g/mol. The van der Waals surface area contributed by atoms with E-state index in [2.05, 4.69) is 10.4 Å². The third-order valence-corrected chi connectivity index (χ3v) is 3.48. The highest BCUT2D eigenvalue weighted by atomic mass is 16.3. The van der Waals surface area contributed by atoms with Crippen molar-refractivity contribution in [1.29, 1.82) is 0 Å². The number of nitrogens with zero attached hydrogens (tertiary/aromatic N) is 2. The lowest BCUT2D eigenvalue weighted by atomic mass is 10.0. The Morgan fingerprint density at radius 3 is 2.64 bits per heavy atom. The number of amides is 1. The van der Waals surface area contributed by atoms with E-state index in [-0.39, 0.29) is 17.9 Å². The Hall–Kier alpha value is -2.14. The van der Waals surface area contributed by atoms with Crippen molar-refractivity contribution in [2.24, 2.45) is 5.92 Å². The lowest BCUT2D eigenvalue weighted by Crippen LogP contribution is -2.29. The summed E-state index contributed by atoms with van der Waals surface area (Å²) in [7, 11) is 0. The second-order valence-electron chi connectivity index (χ2n) is 5.82. The molecule has 22 heavy (non-hydrogen) atoms. The van der Waals surface area contributed by atoms with Crippen molar-refractivity contribution in [2.45, 2.75) is 33.3 Å². The zero-order valence-corrected chi connectivity index (χ0v) is 13.3. The minimum atomic E-state index is -0.355. The molecule has 0 spiro atoms. The molecule has 1 amide bonds. The molecule has 1 heterocycles. The van der Waals surface area contributed by atoms with Crippen LogP contribution in [0.1, 0.15) is 36.5 Å². The van der Waals surface area contributed by atoms with Crippen molar-refractivity contribution in [2.75, 3.05) is 6.54 Å². The molecule has 0 bridgehead atoms. The fourth-order valence-corrected chi connectivity index (χ4v) is 2.44. The molecule has 2 unspecified atom stereocenters. The van der Waals surface area contributed by atoms with Crippen LogP contribution in [0.15, 0.2) is 36.4 Å². The van der Waals surface area contributed by atoms with Gasteiger partial charge in [0.25, 0.3) is 5.91 Å². The second-order valence-corrected chi connectivity index (χ2v) is 5.82. The molecule has 2 rings (SSSR count). The van der Waals surface area contributed by atoms with E-state index in [0.717, 1.165) is 11.4 Å². The maximum Gasteiger partial charge on any atom is 0.271 e. The second kappa shape index (κ2) is 7.22. The van der Waals surface area contributed by atoms with Crippen LogP contribution in [0, 0.1) is 12.8 Å². The van der Waals surface area contributed by atoms with Gasteiger partial charge in [0, 0.05) is 12.2 Å². The molecule has 0 aliphatic rings. The Balaban J connectivity index is 2.03. The summed E-state index contributed by atoms with van der Waals surface area (Å²) in [5, 5.41) is 16.6. The van der Waals surface area contributed by atoms with E-state index in [1.807, 2.05) is 44.2 Å². The first-order valence-corrected chi connectivity index (χ1v) is 7.55. The number of aryl methyl sites for hydroxylation is 1. The molecule has 0 saturated heterocycles. The van der Waals surface area contributed by atoms with Gasteiger partial charge in [-0.15, -0.1) is 0 Å². The molecule has 118 valence electrons. The summed E-state index contributed by atoms with van der Waals surface area (Å²) in [4.78, 5) is 12.2. The highest BCUT2D eigenvalue weighted by Crippen LogP contribution is 2.12. The average Bonchev–Trinajstić information content (AvgIpc) is 2.87. The van der Waals surface area contributed by atoms with Gasteiger partial charge in [-0.1, -0.05) is 25.1 Å². The number of nitrogens with one attached hydrogen (secondary N) is 1. The van der Waals surface area contributed by atoms with Crippen molar-refractivity contribution < 1.29 is 9.90 Å². The first-order chi connectivity index (χ1) is 10.5. The first kappa shape index (κ1) is 16.2. The van der Waals surface area contributed by atoms with E-state index < -0.39 is 0 Å². The van der Waals surface area contributed by atoms with Gasteiger partial charge >= 0.3 is 0 Å². The Labute approximate surface area is 131 Å². The molecule has 2 aromatic rings. The Kier molecular flexibility index (Phi) is 5.33. The lowest BCUT2D eigenvalue weighted by Gasteiger charge is -2.13. The minimum absolute atomic E-state index is 0.185. The van der Waals surface area contributed by atoms with Crippen molar-refractivity contribution >= 4 is 5.91 Å². The van der Waals surface area contributed by atoms with Crippen LogP contribution in [-0.4, -0.2) is 33.4 Å². The highest BCUT2D eigenvalue weighted by Gasteiger charge is 2.14. The van der Waals surface area contributed by atoms with E-state index in [1.54, 1.807) is 17.7 Å². The largest absolute Gasteiger partial charge is 0.393 e. The molecular weight excluding hydrogens is 278 g/mol. The van der Waals surface area contributed by atoms with Gasteiger partial charge < -0.3 is 10.4 Å². The van der Waals surface area contributed by atoms with Crippen molar-refractivity contribution in [1.82, 2.24) is 15.1 Å². The van der Waals surface area contributed by atoms with Gasteiger partial charge in [0.1, 0.15) is 0 Å². The molecule has 5 nitrogen and oxygen atoms in total. The number of carbonyl (C=O) groups is 1. The molecule has 2 atom stereocenters. The Morgan fingerprint density at radius 1 is 1.32 bits per heavy atom. The quantitative estimate of drug-likeness (QED) is 0.860. The molecule has 1 aromatic carbocycles. The topological polar surface area (TPSA) is 67.2 Å². The summed E-state index contributed by atoms with van der Waals surface area (Å²) in [6.07, 6.45) is 0.309. The van der Waals surface area contributed by atoms with Gasteiger partial charge in [0.15, 0.2) is 5.69 Å². The number of para-hydroxylation sites is 1. The molecule has 0 fully saturated rings. The van der Waals surface area contributed by atoms with Gasteiger partial charge in [0.2, 0.25) is 0 Å². The number of aromatic nitrogens is 2. The Morgan fingerprint density at radius 2 is 2.00 bits per heavy atom. The minimum Gasteiger partial charge on any atom is -0.393 e. The van der Waals surface area contributed by atoms with Crippen LogP contribution >= 0.6 is 0 Å². The summed E-state index contributed by atoms with van der Waals surface area (Å²) < 4.78 is 1.76.